The van der Waals surface area contributed by atoms with Crippen molar-refractivity contribution in [2.45, 2.75) is 19.8 Å². The van der Waals surface area contributed by atoms with Crippen LogP contribution in [0.2, 0.25) is 0 Å². The van der Waals surface area contributed by atoms with E-state index in [-0.39, 0.29) is 18.2 Å². The third kappa shape index (κ3) is 5.35. The van der Waals surface area contributed by atoms with Gasteiger partial charge in [-0.25, -0.2) is 0 Å². The minimum absolute atomic E-state index is 0.0949. The van der Waals surface area contributed by atoms with E-state index in [9.17, 15) is 9.59 Å². The van der Waals surface area contributed by atoms with Crippen molar-refractivity contribution in [3.05, 3.63) is 90.5 Å². The fourth-order valence-corrected chi connectivity index (χ4v) is 3.66. The van der Waals surface area contributed by atoms with Crippen LogP contribution in [0.3, 0.4) is 0 Å². The smallest absolute Gasteiger partial charge is 0.228 e. The molecule has 0 bridgehead atoms. The second kappa shape index (κ2) is 10.5. The first-order valence-electron chi connectivity index (χ1n) is 11.1. The SMILES string of the molecule is CCC(=O)Nc1c(CC(=O)Nc2ccccc2Oc2cccc(OC)c2)ccc2ccccc12. The van der Waals surface area contributed by atoms with Gasteiger partial charge in [-0.05, 0) is 35.2 Å². The summed E-state index contributed by atoms with van der Waals surface area (Å²) in [5, 5.41) is 7.81. The van der Waals surface area contributed by atoms with Crippen molar-refractivity contribution < 1.29 is 19.1 Å². The Hall–Kier alpha value is -4.32. The quantitative estimate of drug-likeness (QED) is 0.334. The highest BCUT2D eigenvalue weighted by atomic mass is 16.5. The predicted molar refractivity (Wildman–Crippen MR) is 135 cm³/mol. The fourth-order valence-electron chi connectivity index (χ4n) is 3.66. The summed E-state index contributed by atoms with van der Waals surface area (Å²) in [6.45, 7) is 1.80. The number of benzene rings is 4. The lowest BCUT2D eigenvalue weighted by Crippen LogP contribution is -2.18. The molecule has 0 aliphatic rings. The molecule has 0 radical (unpaired) electrons. The molecule has 0 aliphatic heterocycles. The molecule has 0 atom stereocenters. The maximum absolute atomic E-state index is 13.0. The monoisotopic (exact) mass is 454 g/mol. The summed E-state index contributed by atoms with van der Waals surface area (Å²) in [5.41, 5.74) is 1.96. The van der Waals surface area contributed by atoms with E-state index in [1.165, 1.54) is 0 Å². The molecule has 0 spiro atoms. The normalized spacial score (nSPS) is 10.5. The van der Waals surface area contributed by atoms with Crippen molar-refractivity contribution in [2.75, 3.05) is 17.7 Å². The molecule has 4 rings (SSSR count). The van der Waals surface area contributed by atoms with E-state index in [0.717, 1.165) is 16.3 Å². The standard InChI is InChI=1S/C28H26N2O4/c1-3-26(31)30-28-20(16-15-19-9-4-5-12-23(19)28)17-27(32)29-24-13-6-7-14-25(24)34-22-11-8-10-21(18-22)33-2/h4-16,18H,3,17H2,1-2H3,(H,29,32)(H,30,31). The number of anilines is 2. The van der Waals surface area contributed by atoms with E-state index in [1.807, 2.05) is 66.7 Å². The lowest BCUT2D eigenvalue weighted by Gasteiger charge is -2.15. The molecule has 4 aromatic carbocycles. The lowest BCUT2D eigenvalue weighted by molar-refractivity contribution is -0.116. The number of nitrogens with one attached hydrogen (secondary N) is 2. The van der Waals surface area contributed by atoms with Crippen LogP contribution in [0.15, 0.2) is 84.9 Å². The van der Waals surface area contributed by atoms with Gasteiger partial charge in [-0.15, -0.1) is 0 Å². The number of ether oxygens (including phenoxy) is 2. The van der Waals surface area contributed by atoms with E-state index in [2.05, 4.69) is 10.6 Å². The van der Waals surface area contributed by atoms with Crippen LogP contribution in [0.1, 0.15) is 18.9 Å². The maximum Gasteiger partial charge on any atom is 0.228 e. The van der Waals surface area contributed by atoms with Crippen molar-refractivity contribution in [3.8, 4) is 17.2 Å². The first-order valence-corrected chi connectivity index (χ1v) is 11.1. The van der Waals surface area contributed by atoms with Gasteiger partial charge in [0.15, 0.2) is 5.75 Å². The number of rotatable bonds is 8. The number of methoxy groups -OCH3 is 1. The van der Waals surface area contributed by atoms with E-state index in [1.54, 1.807) is 32.2 Å². The topological polar surface area (TPSA) is 76.7 Å². The zero-order chi connectivity index (χ0) is 23.9. The summed E-state index contributed by atoms with van der Waals surface area (Å²) in [6.07, 6.45) is 0.446. The Morgan fingerprint density at radius 2 is 1.56 bits per heavy atom. The molecule has 0 aliphatic carbocycles. The van der Waals surface area contributed by atoms with Gasteiger partial charge in [-0.3, -0.25) is 9.59 Å². The van der Waals surface area contributed by atoms with E-state index < -0.39 is 0 Å². The van der Waals surface area contributed by atoms with Crippen molar-refractivity contribution in [3.63, 3.8) is 0 Å². The van der Waals surface area contributed by atoms with Crippen molar-refractivity contribution in [1.29, 1.82) is 0 Å². The molecule has 0 fully saturated rings. The number of hydrogen-bond acceptors (Lipinski definition) is 4. The molecule has 172 valence electrons. The van der Waals surface area contributed by atoms with Gasteiger partial charge < -0.3 is 20.1 Å². The Morgan fingerprint density at radius 1 is 0.794 bits per heavy atom. The van der Waals surface area contributed by atoms with Gasteiger partial charge >= 0.3 is 0 Å². The zero-order valence-electron chi connectivity index (χ0n) is 19.1. The summed E-state index contributed by atoms with van der Waals surface area (Å²) in [6, 6.07) is 26.1. The van der Waals surface area contributed by atoms with Gasteiger partial charge in [0.2, 0.25) is 11.8 Å². The molecule has 0 saturated heterocycles. The average Bonchev–Trinajstić information content (AvgIpc) is 2.86. The first kappa shape index (κ1) is 22.9. The summed E-state index contributed by atoms with van der Waals surface area (Å²) in [4.78, 5) is 25.2. The first-order chi connectivity index (χ1) is 16.6. The molecule has 6 heteroatoms. The van der Waals surface area contributed by atoms with Crippen molar-refractivity contribution in [2.24, 2.45) is 0 Å². The van der Waals surface area contributed by atoms with Crippen LogP contribution in [0.5, 0.6) is 17.2 Å². The van der Waals surface area contributed by atoms with Crippen molar-refractivity contribution in [1.82, 2.24) is 0 Å². The number of hydrogen-bond donors (Lipinski definition) is 2. The number of carbonyl (C=O) groups excluding carboxylic acids is 2. The summed E-state index contributed by atoms with van der Waals surface area (Å²) >= 11 is 0. The Morgan fingerprint density at radius 3 is 2.38 bits per heavy atom. The Kier molecular flexibility index (Phi) is 7.08. The van der Waals surface area contributed by atoms with Crippen LogP contribution in [0.4, 0.5) is 11.4 Å². The summed E-state index contributed by atoms with van der Waals surface area (Å²) < 4.78 is 11.3. The van der Waals surface area contributed by atoms with Gasteiger partial charge in [0.25, 0.3) is 0 Å². The van der Waals surface area contributed by atoms with Crippen LogP contribution in [-0.4, -0.2) is 18.9 Å². The minimum atomic E-state index is -0.219. The molecule has 0 aromatic heterocycles. The number of fused-ring (bicyclic) bond motifs is 1. The number of para-hydroxylation sites is 2. The van der Waals surface area contributed by atoms with Crippen LogP contribution in [0, 0.1) is 0 Å². The molecule has 0 heterocycles. The number of amides is 2. The maximum atomic E-state index is 13.0. The lowest BCUT2D eigenvalue weighted by atomic mass is 10.0. The highest BCUT2D eigenvalue weighted by Crippen LogP contribution is 2.32. The molecule has 0 saturated carbocycles. The zero-order valence-corrected chi connectivity index (χ0v) is 19.1. The van der Waals surface area contributed by atoms with E-state index >= 15 is 0 Å². The predicted octanol–water partition coefficient (Wildman–Crippen LogP) is 6.17. The van der Waals surface area contributed by atoms with E-state index in [4.69, 9.17) is 9.47 Å². The van der Waals surface area contributed by atoms with Crippen LogP contribution < -0.4 is 20.1 Å². The van der Waals surface area contributed by atoms with Crippen molar-refractivity contribution >= 4 is 34.0 Å². The minimum Gasteiger partial charge on any atom is -0.497 e. The van der Waals surface area contributed by atoms with Crippen LogP contribution in [0.25, 0.3) is 10.8 Å². The van der Waals surface area contributed by atoms with Gasteiger partial charge in [0, 0.05) is 17.9 Å². The van der Waals surface area contributed by atoms with Gasteiger partial charge in [0.1, 0.15) is 11.5 Å². The molecule has 2 amide bonds. The fraction of sp³-hybridized carbons (Fsp3) is 0.143. The molecule has 2 N–H and O–H groups in total. The summed E-state index contributed by atoms with van der Waals surface area (Å²) in [7, 11) is 1.59. The highest BCUT2D eigenvalue weighted by molar-refractivity contribution is 6.05. The Labute approximate surface area is 198 Å². The Balaban J connectivity index is 1.57. The molecule has 4 aromatic rings. The second-order valence-electron chi connectivity index (χ2n) is 7.72. The number of carbonyl (C=O) groups is 2. The van der Waals surface area contributed by atoms with Gasteiger partial charge in [-0.2, -0.15) is 0 Å². The van der Waals surface area contributed by atoms with E-state index in [0.29, 0.717) is 35.0 Å². The van der Waals surface area contributed by atoms with Crippen LogP contribution >= 0.6 is 0 Å². The third-order valence-corrected chi connectivity index (χ3v) is 5.38. The average molecular weight is 455 g/mol. The molecular formula is C28H26N2O4. The molecule has 0 unspecified atom stereocenters. The van der Waals surface area contributed by atoms with Crippen LogP contribution in [-0.2, 0) is 16.0 Å². The molecular weight excluding hydrogens is 428 g/mol. The third-order valence-electron chi connectivity index (χ3n) is 5.38. The second-order valence-corrected chi connectivity index (χ2v) is 7.72. The highest BCUT2D eigenvalue weighted by Gasteiger charge is 2.15. The Bertz CT molecular complexity index is 1330. The molecule has 34 heavy (non-hydrogen) atoms. The summed E-state index contributed by atoms with van der Waals surface area (Å²) in [5.74, 6) is 1.47. The molecule has 6 nitrogen and oxygen atoms in total. The van der Waals surface area contributed by atoms with Gasteiger partial charge in [0.05, 0.1) is 24.9 Å². The van der Waals surface area contributed by atoms with Gasteiger partial charge in [-0.1, -0.05) is 61.5 Å². The largest absolute Gasteiger partial charge is 0.497 e.